The normalized spacial score (nSPS) is 14.6. The smallest absolute Gasteiger partial charge is 0.383 e. The first-order chi connectivity index (χ1) is 7.76. The van der Waals surface area contributed by atoms with Crippen LogP contribution in [0.3, 0.4) is 0 Å². The average Bonchev–Trinajstić information content (AvgIpc) is 2.13. The Morgan fingerprint density at radius 2 is 1.82 bits per heavy atom. The molecule has 1 unspecified atom stereocenters. The number of methoxy groups -OCH3 is 1. The largest absolute Gasteiger partial charge is 0.401 e. The van der Waals surface area contributed by atoms with Crippen LogP contribution in [0.1, 0.15) is 13.8 Å². The van der Waals surface area contributed by atoms with Crippen LogP contribution < -0.4 is 5.32 Å². The molecule has 1 N–H and O–H groups in total. The summed E-state index contributed by atoms with van der Waals surface area (Å²) in [6, 6.07) is -0.264. The highest BCUT2D eigenvalue weighted by molar-refractivity contribution is 4.73. The van der Waals surface area contributed by atoms with Crippen molar-refractivity contribution >= 4 is 0 Å². The summed E-state index contributed by atoms with van der Waals surface area (Å²) in [5.41, 5.74) is 0. The van der Waals surface area contributed by atoms with Gasteiger partial charge in [0, 0.05) is 19.7 Å². The fourth-order valence-electron chi connectivity index (χ4n) is 1.48. The topological polar surface area (TPSA) is 24.5 Å². The SMILES string of the molecule is COCC(CNCC(C)C)N(C)CC(F)(F)F. The fourth-order valence-corrected chi connectivity index (χ4v) is 1.48. The molecule has 0 heterocycles. The third kappa shape index (κ3) is 9.38. The fraction of sp³-hybridized carbons (Fsp3) is 1.00. The molecule has 0 aromatic rings. The van der Waals surface area contributed by atoms with Crippen LogP contribution in [0.2, 0.25) is 0 Å². The van der Waals surface area contributed by atoms with Gasteiger partial charge in [0.05, 0.1) is 13.2 Å². The summed E-state index contributed by atoms with van der Waals surface area (Å²) >= 11 is 0. The summed E-state index contributed by atoms with van der Waals surface area (Å²) < 4.78 is 41.7. The van der Waals surface area contributed by atoms with Crippen LogP contribution in [-0.4, -0.2) is 57.5 Å². The van der Waals surface area contributed by atoms with Crippen LogP contribution in [0.15, 0.2) is 0 Å². The summed E-state index contributed by atoms with van der Waals surface area (Å²) in [7, 11) is 2.96. The number of hydrogen-bond acceptors (Lipinski definition) is 3. The summed E-state index contributed by atoms with van der Waals surface area (Å²) in [4.78, 5) is 1.27. The van der Waals surface area contributed by atoms with E-state index in [2.05, 4.69) is 19.2 Å². The van der Waals surface area contributed by atoms with Gasteiger partial charge in [-0.1, -0.05) is 13.8 Å². The molecule has 0 rings (SSSR count). The average molecular weight is 256 g/mol. The lowest BCUT2D eigenvalue weighted by Gasteiger charge is -2.28. The minimum Gasteiger partial charge on any atom is -0.383 e. The van der Waals surface area contributed by atoms with Gasteiger partial charge in [-0.25, -0.2) is 0 Å². The van der Waals surface area contributed by atoms with Crippen LogP contribution in [0.5, 0.6) is 0 Å². The minimum atomic E-state index is -4.17. The van der Waals surface area contributed by atoms with Crippen molar-refractivity contribution in [1.29, 1.82) is 0 Å². The van der Waals surface area contributed by atoms with E-state index in [1.807, 2.05) is 0 Å². The quantitative estimate of drug-likeness (QED) is 0.716. The number of alkyl halides is 3. The van der Waals surface area contributed by atoms with Crippen LogP contribution in [0.25, 0.3) is 0 Å². The van der Waals surface area contributed by atoms with E-state index in [9.17, 15) is 13.2 Å². The van der Waals surface area contributed by atoms with Crippen molar-refractivity contribution < 1.29 is 17.9 Å². The second-order valence-corrected chi connectivity index (χ2v) is 4.69. The zero-order valence-corrected chi connectivity index (χ0v) is 11.0. The van der Waals surface area contributed by atoms with E-state index in [0.717, 1.165) is 6.54 Å². The first-order valence-electron chi connectivity index (χ1n) is 5.73. The van der Waals surface area contributed by atoms with Gasteiger partial charge in [-0.2, -0.15) is 13.2 Å². The zero-order valence-electron chi connectivity index (χ0n) is 11.0. The van der Waals surface area contributed by atoms with E-state index in [0.29, 0.717) is 12.5 Å². The van der Waals surface area contributed by atoms with Crippen molar-refractivity contribution in [3.05, 3.63) is 0 Å². The van der Waals surface area contributed by atoms with Crippen LogP contribution in [-0.2, 0) is 4.74 Å². The molecule has 3 nitrogen and oxygen atoms in total. The number of halogens is 3. The van der Waals surface area contributed by atoms with Crippen molar-refractivity contribution in [2.45, 2.75) is 26.1 Å². The maximum atomic E-state index is 12.3. The van der Waals surface area contributed by atoms with E-state index in [1.54, 1.807) is 0 Å². The lowest BCUT2D eigenvalue weighted by atomic mass is 10.2. The monoisotopic (exact) mass is 256 g/mol. The highest BCUT2D eigenvalue weighted by Crippen LogP contribution is 2.16. The first-order valence-corrected chi connectivity index (χ1v) is 5.73. The molecule has 0 aromatic carbocycles. The molecular formula is C11H23F3N2O. The third-order valence-corrected chi connectivity index (χ3v) is 2.34. The van der Waals surface area contributed by atoms with Gasteiger partial charge in [0.15, 0.2) is 0 Å². The van der Waals surface area contributed by atoms with Crippen LogP contribution >= 0.6 is 0 Å². The van der Waals surface area contributed by atoms with Crippen molar-refractivity contribution in [2.24, 2.45) is 5.92 Å². The van der Waals surface area contributed by atoms with Gasteiger partial charge in [-0.05, 0) is 19.5 Å². The van der Waals surface area contributed by atoms with Crippen molar-refractivity contribution in [3.63, 3.8) is 0 Å². The Morgan fingerprint density at radius 1 is 1.24 bits per heavy atom. The molecule has 0 radical (unpaired) electrons. The lowest BCUT2D eigenvalue weighted by Crippen LogP contribution is -2.47. The molecule has 0 bridgehead atoms. The molecule has 6 heteroatoms. The number of ether oxygens (including phenoxy) is 1. The van der Waals surface area contributed by atoms with Crippen LogP contribution in [0.4, 0.5) is 13.2 Å². The van der Waals surface area contributed by atoms with E-state index >= 15 is 0 Å². The standard InChI is InChI=1S/C11H23F3N2O/c1-9(2)5-15-6-10(7-17-4)16(3)8-11(12,13)14/h9-10,15H,5-8H2,1-4H3. The molecule has 0 aliphatic carbocycles. The molecule has 0 aliphatic rings. The Kier molecular flexibility index (Phi) is 7.74. The number of nitrogens with one attached hydrogen (secondary N) is 1. The molecule has 104 valence electrons. The molecule has 17 heavy (non-hydrogen) atoms. The Balaban J connectivity index is 4.11. The van der Waals surface area contributed by atoms with Crippen molar-refractivity contribution in [2.75, 3.05) is 40.4 Å². The Labute approximate surface area is 101 Å². The Hall–Kier alpha value is -0.330. The lowest BCUT2D eigenvalue weighted by molar-refractivity contribution is -0.149. The maximum absolute atomic E-state index is 12.3. The predicted molar refractivity (Wildman–Crippen MR) is 62.1 cm³/mol. The number of nitrogens with zero attached hydrogens (tertiary/aromatic N) is 1. The number of rotatable bonds is 8. The number of likely N-dealkylation sites (N-methyl/N-ethyl adjacent to an activating group) is 1. The van der Waals surface area contributed by atoms with Gasteiger partial charge in [0.2, 0.25) is 0 Å². The molecular weight excluding hydrogens is 233 g/mol. The summed E-state index contributed by atoms with van der Waals surface area (Å²) in [6.07, 6.45) is -4.17. The van der Waals surface area contributed by atoms with E-state index < -0.39 is 12.7 Å². The van der Waals surface area contributed by atoms with Crippen molar-refractivity contribution in [3.8, 4) is 0 Å². The second-order valence-electron chi connectivity index (χ2n) is 4.69. The molecule has 0 amide bonds. The van der Waals surface area contributed by atoms with Crippen LogP contribution in [0, 0.1) is 5.92 Å². The molecule has 1 atom stereocenters. The summed E-state index contributed by atoms with van der Waals surface area (Å²) in [6.45, 7) is 4.77. The molecule has 0 aromatic heterocycles. The summed E-state index contributed by atoms with van der Waals surface area (Å²) in [5, 5.41) is 3.15. The molecule has 0 fully saturated rings. The Bertz CT molecular complexity index is 198. The van der Waals surface area contributed by atoms with Gasteiger partial charge in [-0.3, -0.25) is 4.90 Å². The van der Waals surface area contributed by atoms with Gasteiger partial charge in [0.1, 0.15) is 0 Å². The van der Waals surface area contributed by atoms with Gasteiger partial charge >= 0.3 is 6.18 Å². The van der Waals surface area contributed by atoms with E-state index in [4.69, 9.17) is 4.74 Å². The zero-order chi connectivity index (χ0) is 13.5. The van der Waals surface area contributed by atoms with E-state index in [-0.39, 0.29) is 12.6 Å². The highest BCUT2D eigenvalue weighted by atomic mass is 19.4. The number of hydrogen-bond donors (Lipinski definition) is 1. The van der Waals surface area contributed by atoms with Gasteiger partial charge in [-0.15, -0.1) is 0 Å². The van der Waals surface area contributed by atoms with Crippen molar-refractivity contribution in [1.82, 2.24) is 10.2 Å². The maximum Gasteiger partial charge on any atom is 0.401 e. The first kappa shape index (κ1) is 16.7. The van der Waals surface area contributed by atoms with E-state index in [1.165, 1.54) is 19.1 Å². The predicted octanol–water partition coefficient (Wildman–Crippen LogP) is 1.74. The third-order valence-electron chi connectivity index (χ3n) is 2.34. The summed E-state index contributed by atoms with van der Waals surface area (Å²) in [5.74, 6) is 0.478. The second kappa shape index (κ2) is 7.89. The van der Waals surface area contributed by atoms with Gasteiger partial charge in [0.25, 0.3) is 0 Å². The van der Waals surface area contributed by atoms with Gasteiger partial charge < -0.3 is 10.1 Å². The highest BCUT2D eigenvalue weighted by Gasteiger charge is 2.31. The molecule has 0 aliphatic heterocycles. The minimum absolute atomic E-state index is 0.264. The molecule has 0 saturated heterocycles. The Morgan fingerprint density at radius 3 is 2.24 bits per heavy atom. The molecule has 0 saturated carbocycles. The molecule has 0 spiro atoms.